The number of nitrogens with one attached hydrogen (secondary N) is 2. The van der Waals surface area contributed by atoms with E-state index in [1.165, 1.54) is 6.20 Å². The summed E-state index contributed by atoms with van der Waals surface area (Å²) in [4.78, 5) is 16.1. The Morgan fingerprint density at radius 1 is 1.25 bits per heavy atom. The van der Waals surface area contributed by atoms with E-state index in [1.807, 2.05) is 36.4 Å². The van der Waals surface area contributed by atoms with Crippen LogP contribution in [0.25, 0.3) is 0 Å². The lowest BCUT2D eigenvalue weighted by Crippen LogP contribution is -2.32. The molecule has 1 atom stereocenters. The van der Waals surface area contributed by atoms with Crippen LogP contribution in [0, 0.1) is 11.3 Å². The van der Waals surface area contributed by atoms with Gasteiger partial charge in [-0.1, -0.05) is 18.2 Å². The van der Waals surface area contributed by atoms with E-state index < -0.39 is 6.04 Å². The topological polar surface area (TPSA) is 77.8 Å². The summed E-state index contributed by atoms with van der Waals surface area (Å²) in [6, 6.07) is 14.1. The molecule has 1 amide bonds. The van der Waals surface area contributed by atoms with Gasteiger partial charge in [0, 0.05) is 11.9 Å². The highest BCUT2D eigenvalue weighted by atomic mass is 16.2. The number of carbonyl (C=O) groups is 1. The molecule has 1 aromatic heterocycles. The molecule has 0 saturated heterocycles. The predicted molar refractivity (Wildman–Crippen MR) is 77.1 cm³/mol. The zero-order chi connectivity index (χ0) is 14.4. The summed E-state index contributed by atoms with van der Waals surface area (Å²) in [6.07, 6.45) is 1.46. The van der Waals surface area contributed by atoms with Crippen LogP contribution in [0.15, 0.2) is 48.7 Å². The number of benzene rings is 1. The summed E-state index contributed by atoms with van der Waals surface area (Å²) < 4.78 is 0. The molecule has 100 valence electrons. The molecule has 0 aliphatic carbocycles. The SMILES string of the molecule is C[C@H](Nc1ccc(C#N)cn1)C(=O)Nc1ccccc1. The second-order valence-electron chi connectivity index (χ2n) is 4.27. The van der Waals surface area contributed by atoms with Crippen molar-refractivity contribution in [1.82, 2.24) is 4.98 Å². The number of anilines is 2. The molecule has 0 fully saturated rings. The van der Waals surface area contributed by atoms with E-state index in [9.17, 15) is 4.79 Å². The summed E-state index contributed by atoms with van der Waals surface area (Å²) in [7, 11) is 0. The molecule has 1 heterocycles. The van der Waals surface area contributed by atoms with Crippen molar-refractivity contribution in [2.45, 2.75) is 13.0 Å². The minimum atomic E-state index is -0.435. The Kier molecular flexibility index (Phi) is 4.30. The molecule has 2 N–H and O–H groups in total. The highest BCUT2D eigenvalue weighted by Gasteiger charge is 2.13. The third-order valence-corrected chi connectivity index (χ3v) is 2.69. The van der Waals surface area contributed by atoms with Gasteiger partial charge in [-0.15, -0.1) is 0 Å². The van der Waals surface area contributed by atoms with Gasteiger partial charge >= 0.3 is 0 Å². The average Bonchev–Trinajstić information content (AvgIpc) is 2.49. The second kappa shape index (κ2) is 6.34. The molecule has 0 bridgehead atoms. The molecular weight excluding hydrogens is 252 g/mol. The van der Waals surface area contributed by atoms with Gasteiger partial charge in [-0.3, -0.25) is 4.79 Å². The van der Waals surface area contributed by atoms with Crippen LogP contribution in [0.4, 0.5) is 11.5 Å². The lowest BCUT2D eigenvalue weighted by Gasteiger charge is -2.14. The first kappa shape index (κ1) is 13.6. The van der Waals surface area contributed by atoms with Crippen molar-refractivity contribution >= 4 is 17.4 Å². The second-order valence-corrected chi connectivity index (χ2v) is 4.27. The fourth-order valence-corrected chi connectivity index (χ4v) is 1.60. The van der Waals surface area contributed by atoms with Crippen molar-refractivity contribution in [1.29, 1.82) is 5.26 Å². The van der Waals surface area contributed by atoms with E-state index in [4.69, 9.17) is 5.26 Å². The third-order valence-electron chi connectivity index (χ3n) is 2.69. The van der Waals surface area contributed by atoms with Crippen molar-refractivity contribution in [3.63, 3.8) is 0 Å². The smallest absolute Gasteiger partial charge is 0.246 e. The first-order valence-corrected chi connectivity index (χ1v) is 6.17. The van der Waals surface area contributed by atoms with Crippen LogP contribution < -0.4 is 10.6 Å². The van der Waals surface area contributed by atoms with Gasteiger partial charge in [-0.25, -0.2) is 4.98 Å². The lowest BCUT2D eigenvalue weighted by atomic mass is 10.2. The number of carbonyl (C=O) groups excluding carboxylic acids is 1. The molecule has 0 aliphatic rings. The first-order chi connectivity index (χ1) is 9.69. The minimum absolute atomic E-state index is 0.151. The quantitative estimate of drug-likeness (QED) is 0.890. The minimum Gasteiger partial charge on any atom is -0.359 e. The molecule has 20 heavy (non-hydrogen) atoms. The van der Waals surface area contributed by atoms with Crippen LogP contribution in [-0.2, 0) is 4.79 Å². The van der Waals surface area contributed by atoms with Gasteiger partial charge < -0.3 is 10.6 Å². The summed E-state index contributed by atoms with van der Waals surface area (Å²) in [6.45, 7) is 1.75. The Labute approximate surface area is 117 Å². The van der Waals surface area contributed by atoms with Crippen LogP contribution in [0.1, 0.15) is 12.5 Å². The monoisotopic (exact) mass is 266 g/mol. The molecule has 0 saturated carbocycles. The Bertz CT molecular complexity index is 617. The highest BCUT2D eigenvalue weighted by Crippen LogP contribution is 2.09. The number of amides is 1. The van der Waals surface area contributed by atoms with Crippen molar-refractivity contribution in [2.75, 3.05) is 10.6 Å². The number of pyridine rings is 1. The molecule has 2 aromatic rings. The zero-order valence-electron chi connectivity index (χ0n) is 11.0. The van der Waals surface area contributed by atoms with Gasteiger partial charge in [0.05, 0.1) is 5.56 Å². The first-order valence-electron chi connectivity index (χ1n) is 6.17. The van der Waals surface area contributed by atoms with Crippen LogP contribution in [0.2, 0.25) is 0 Å². The van der Waals surface area contributed by atoms with Gasteiger partial charge in [0.1, 0.15) is 17.9 Å². The molecular formula is C15H14N4O. The van der Waals surface area contributed by atoms with Crippen LogP contribution >= 0.6 is 0 Å². The molecule has 0 aliphatic heterocycles. The van der Waals surface area contributed by atoms with Gasteiger partial charge in [0.15, 0.2) is 0 Å². The van der Waals surface area contributed by atoms with E-state index in [0.717, 1.165) is 5.69 Å². The van der Waals surface area contributed by atoms with Crippen LogP contribution in [-0.4, -0.2) is 16.9 Å². The average molecular weight is 266 g/mol. The Balaban J connectivity index is 1.95. The number of nitrogens with zero attached hydrogens (tertiary/aromatic N) is 2. The van der Waals surface area contributed by atoms with Gasteiger partial charge in [-0.2, -0.15) is 5.26 Å². The Hall–Kier alpha value is -2.87. The molecule has 0 radical (unpaired) electrons. The summed E-state index contributed by atoms with van der Waals surface area (Å²) in [5.41, 5.74) is 1.23. The number of aromatic nitrogens is 1. The summed E-state index contributed by atoms with van der Waals surface area (Å²) >= 11 is 0. The van der Waals surface area contributed by atoms with Crippen molar-refractivity contribution < 1.29 is 4.79 Å². The Morgan fingerprint density at radius 2 is 2.00 bits per heavy atom. The molecule has 0 spiro atoms. The molecule has 1 aromatic carbocycles. The number of nitriles is 1. The van der Waals surface area contributed by atoms with Crippen LogP contribution in [0.5, 0.6) is 0 Å². The van der Waals surface area contributed by atoms with Gasteiger partial charge in [0.25, 0.3) is 0 Å². The van der Waals surface area contributed by atoms with E-state index in [0.29, 0.717) is 11.4 Å². The van der Waals surface area contributed by atoms with Crippen LogP contribution in [0.3, 0.4) is 0 Å². The fraction of sp³-hybridized carbons (Fsp3) is 0.133. The number of para-hydroxylation sites is 1. The maximum absolute atomic E-state index is 12.0. The zero-order valence-corrected chi connectivity index (χ0v) is 11.0. The molecule has 2 rings (SSSR count). The summed E-state index contributed by atoms with van der Waals surface area (Å²) in [5.74, 6) is 0.405. The van der Waals surface area contributed by atoms with Gasteiger partial charge in [0.2, 0.25) is 5.91 Å². The molecule has 5 heteroatoms. The summed E-state index contributed by atoms with van der Waals surface area (Å²) in [5, 5.41) is 14.5. The van der Waals surface area contributed by atoms with Crippen molar-refractivity contribution in [3.8, 4) is 6.07 Å². The predicted octanol–water partition coefficient (Wildman–Crippen LogP) is 2.39. The maximum Gasteiger partial charge on any atom is 0.246 e. The standard InChI is InChI=1S/C15H14N4O/c1-11(15(20)19-13-5-3-2-4-6-13)18-14-8-7-12(9-16)10-17-14/h2-8,10-11H,1H3,(H,17,18)(H,19,20)/t11-/m0/s1. The maximum atomic E-state index is 12.0. The van der Waals surface area contributed by atoms with Crippen molar-refractivity contribution in [3.05, 3.63) is 54.2 Å². The highest BCUT2D eigenvalue weighted by molar-refractivity contribution is 5.96. The van der Waals surface area contributed by atoms with Crippen molar-refractivity contribution in [2.24, 2.45) is 0 Å². The fourth-order valence-electron chi connectivity index (χ4n) is 1.60. The lowest BCUT2D eigenvalue weighted by molar-refractivity contribution is -0.116. The third kappa shape index (κ3) is 3.56. The number of hydrogen-bond donors (Lipinski definition) is 2. The Morgan fingerprint density at radius 3 is 2.60 bits per heavy atom. The number of rotatable bonds is 4. The van der Waals surface area contributed by atoms with E-state index >= 15 is 0 Å². The van der Waals surface area contributed by atoms with E-state index in [1.54, 1.807) is 19.1 Å². The molecule has 5 nitrogen and oxygen atoms in total. The largest absolute Gasteiger partial charge is 0.359 e. The normalized spacial score (nSPS) is 11.2. The van der Waals surface area contributed by atoms with E-state index in [-0.39, 0.29) is 5.91 Å². The van der Waals surface area contributed by atoms with E-state index in [2.05, 4.69) is 15.6 Å². The van der Waals surface area contributed by atoms with Gasteiger partial charge in [-0.05, 0) is 31.2 Å². The molecule has 0 unspecified atom stereocenters. The number of hydrogen-bond acceptors (Lipinski definition) is 4.